The van der Waals surface area contributed by atoms with Crippen molar-refractivity contribution in [3.63, 3.8) is 0 Å². The van der Waals surface area contributed by atoms with Crippen molar-refractivity contribution in [2.24, 2.45) is 0 Å². The summed E-state index contributed by atoms with van der Waals surface area (Å²) >= 11 is 1.70. The van der Waals surface area contributed by atoms with Gasteiger partial charge >= 0.3 is 0 Å². The Kier molecular flexibility index (Phi) is 5.58. The fourth-order valence-electron chi connectivity index (χ4n) is 2.93. The van der Waals surface area contributed by atoms with E-state index in [4.69, 9.17) is 0 Å². The minimum Gasteiger partial charge on any atom is -0.364 e. The van der Waals surface area contributed by atoms with Crippen molar-refractivity contribution < 1.29 is 4.79 Å². The lowest BCUT2D eigenvalue weighted by atomic mass is 10.1. The number of carbonyl (C=O) groups is 1. The summed E-state index contributed by atoms with van der Waals surface area (Å²) in [4.78, 5) is 22.0. The van der Waals surface area contributed by atoms with Gasteiger partial charge in [-0.05, 0) is 17.0 Å². The number of aromatic nitrogens is 4. The molecule has 142 valence electrons. The maximum Gasteiger partial charge on any atom is 0.224 e. The van der Waals surface area contributed by atoms with E-state index in [1.54, 1.807) is 22.2 Å². The summed E-state index contributed by atoms with van der Waals surface area (Å²) in [5.41, 5.74) is 1.75. The quantitative estimate of drug-likeness (QED) is 0.482. The second kappa shape index (κ2) is 8.62. The first-order chi connectivity index (χ1) is 13.8. The number of nitrogens with zero attached hydrogens (tertiary/aromatic N) is 4. The van der Waals surface area contributed by atoms with E-state index in [9.17, 15) is 4.79 Å². The van der Waals surface area contributed by atoms with Crippen LogP contribution in [0.3, 0.4) is 0 Å². The van der Waals surface area contributed by atoms with Gasteiger partial charge in [-0.1, -0.05) is 36.4 Å². The highest BCUT2D eigenvalue weighted by Gasteiger charge is 2.10. The number of amides is 1. The minimum absolute atomic E-state index is 0.00408. The molecule has 8 heteroatoms. The molecule has 0 bridgehead atoms. The first-order valence-electron chi connectivity index (χ1n) is 9.03. The van der Waals surface area contributed by atoms with Gasteiger partial charge in [0, 0.05) is 11.4 Å². The van der Waals surface area contributed by atoms with Gasteiger partial charge in [0.05, 0.1) is 31.1 Å². The fraction of sp³-hybridized carbons (Fsp3) is 0.200. The summed E-state index contributed by atoms with van der Waals surface area (Å²) in [6.45, 7) is 1.75. The Balaban J connectivity index is 1.35. The molecule has 2 N–H and O–H groups in total. The molecule has 0 atom stereocenters. The van der Waals surface area contributed by atoms with Crippen LogP contribution < -0.4 is 10.6 Å². The van der Waals surface area contributed by atoms with Crippen LogP contribution in [0.4, 0.5) is 5.82 Å². The van der Waals surface area contributed by atoms with Gasteiger partial charge in [-0.25, -0.2) is 14.6 Å². The number of benzene rings is 1. The van der Waals surface area contributed by atoms with Gasteiger partial charge < -0.3 is 10.6 Å². The molecule has 7 nitrogen and oxygen atoms in total. The molecule has 0 unspecified atom stereocenters. The summed E-state index contributed by atoms with van der Waals surface area (Å²) in [6, 6.07) is 13.8. The molecule has 0 spiro atoms. The van der Waals surface area contributed by atoms with Crippen LogP contribution in [-0.2, 0) is 24.3 Å². The number of hydrogen-bond acceptors (Lipinski definition) is 6. The van der Waals surface area contributed by atoms with Crippen molar-refractivity contribution in [3.8, 4) is 0 Å². The number of thiophene rings is 1. The summed E-state index contributed by atoms with van der Waals surface area (Å²) in [7, 11) is 0. The van der Waals surface area contributed by atoms with Gasteiger partial charge in [0.15, 0.2) is 5.65 Å². The molecule has 3 heterocycles. The summed E-state index contributed by atoms with van der Waals surface area (Å²) < 4.78 is 1.79. The van der Waals surface area contributed by atoms with E-state index in [1.807, 2.05) is 36.4 Å². The SMILES string of the molecule is O=C(Cc1ccccc1)NCCn1ncc2c(NCc3cccs3)ncnc21. The highest BCUT2D eigenvalue weighted by Crippen LogP contribution is 2.20. The molecule has 0 radical (unpaired) electrons. The Morgan fingerprint density at radius 3 is 2.82 bits per heavy atom. The lowest BCUT2D eigenvalue weighted by Gasteiger charge is -2.07. The Bertz CT molecular complexity index is 1050. The lowest BCUT2D eigenvalue weighted by molar-refractivity contribution is -0.120. The molecule has 28 heavy (non-hydrogen) atoms. The van der Waals surface area contributed by atoms with Crippen molar-refractivity contribution in [2.75, 3.05) is 11.9 Å². The number of fused-ring (bicyclic) bond motifs is 1. The average Bonchev–Trinajstić information content (AvgIpc) is 3.37. The third-order valence-electron chi connectivity index (χ3n) is 4.30. The highest BCUT2D eigenvalue weighted by atomic mass is 32.1. The van der Waals surface area contributed by atoms with Gasteiger partial charge in [0.25, 0.3) is 0 Å². The van der Waals surface area contributed by atoms with Crippen LogP contribution in [0.1, 0.15) is 10.4 Å². The van der Waals surface area contributed by atoms with Gasteiger partial charge in [-0.15, -0.1) is 11.3 Å². The molecule has 1 amide bonds. The predicted octanol–water partition coefficient (Wildman–Crippen LogP) is 2.86. The van der Waals surface area contributed by atoms with Crippen molar-refractivity contribution in [2.45, 2.75) is 19.5 Å². The van der Waals surface area contributed by atoms with E-state index in [2.05, 4.69) is 37.1 Å². The Labute approximate surface area is 166 Å². The summed E-state index contributed by atoms with van der Waals surface area (Å²) in [5, 5.41) is 13.6. The lowest BCUT2D eigenvalue weighted by Crippen LogP contribution is -2.28. The molecular formula is C20H20N6OS. The smallest absolute Gasteiger partial charge is 0.224 e. The number of carbonyl (C=O) groups excluding carboxylic acids is 1. The number of rotatable bonds is 8. The van der Waals surface area contributed by atoms with Crippen LogP contribution in [0.25, 0.3) is 11.0 Å². The number of hydrogen-bond donors (Lipinski definition) is 2. The first kappa shape index (κ1) is 18.1. The van der Waals surface area contributed by atoms with Gasteiger partial charge in [-0.3, -0.25) is 4.79 Å². The predicted molar refractivity (Wildman–Crippen MR) is 110 cm³/mol. The molecule has 1 aromatic carbocycles. The zero-order valence-corrected chi connectivity index (χ0v) is 16.0. The van der Waals surface area contributed by atoms with E-state index < -0.39 is 0 Å². The molecule has 4 aromatic rings. The molecule has 0 aliphatic carbocycles. The average molecular weight is 392 g/mol. The normalized spacial score (nSPS) is 10.9. The summed E-state index contributed by atoms with van der Waals surface area (Å²) in [6.07, 6.45) is 3.67. The largest absolute Gasteiger partial charge is 0.364 e. The second-order valence-electron chi connectivity index (χ2n) is 6.27. The number of nitrogens with one attached hydrogen (secondary N) is 2. The molecule has 3 aromatic heterocycles. The van der Waals surface area contributed by atoms with Gasteiger partial charge in [0.2, 0.25) is 5.91 Å². The maximum absolute atomic E-state index is 12.1. The Morgan fingerprint density at radius 1 is 1.11 bits per heavy atom. The van der Waals surface area contributed by atoms with E-state index in [-0.39, 0.29) is 5.91 Å². The van der Waals surface area contributed by atoms with E-state index >= 15 is 0 Å². The van der Waals surface area contributed by atoms with Crippen LogP contribution >= 0.6 is 11.3 Å². The summed E-state index contributed by atoms with van der Waals surface area (Å²) in [5.74, 6) is 0.758. The zero-order valence-electron chi connectivity index (χ0n) is 15.2. The van der Waals surface area contributed by atoms with E-state index in [0.717, 1.165) is 22.4 Å². The zero-order chi connectivity index (χ0) is 19.2. The number of anilines is 1. The Morgan fingerprint density at radius 2 is 2.00 bits per heavy atom. The molecule has 0 aliphatic heterocycles. The van der Waals surface area contributed by atoms with Crippen LogP contribution in [0.5, 0.6) is 0 Å². The van der Waals surface area contributed by atoms with Crippen LogP contribution in [0, 0.1) is 0 Å². The third kappa shape index (κ3) is 4.34. The highest BCUT2D eigenvalue weighted by molar-refractivity contribution is 7.09. The second-order valence-corrected chi connectivity index (χ2v) is 7.30. The van der Waals surface area contributed by atoms with E-state index in [0.29, 0.717) is 26.1 Å². The van der Waals surface area contributed by atoms with Crippen LogP contribution in [-0.4, -0.2) is 32.2 Å². The molecule has 0 fully saturated rings. The first-order valence-corrected chi connectivity index (χ1v) is 9.91. The molecule has 0 aliphatic rings. The van der Waals surface area contributed by atoms with Crippen molar-refractivity contribution in [1.82, 2.24) is 25.1 Å². The van der Waals surface area contributed by atoms with Crippen molar-refractivity contribution in [3.05, 3.63) is 70.8 Å². The molecule has 4 rings (SSSR count). The van der Waals surface area contributed by atoms with Crippen LogP contribution in [0.2, 0.25) is 0 Å². The maximum atomic E-state index is 12.1. The van der Waals surface area contributed by atoms with Crippen molar-refractivity contribution in [1.29, 1.82) is 0 Å². The molecule has 0 saturated heterocycles. The third-order valence-corrected chi connectivity index (χ3v) is 5.17. The van der Waals surface area contributed by atoms with E-state index in [1.165, 1.54) is 11.2 Å². The van der Waals surface area contributed by atoms with Crippen LogP contribution in [0.15, 0.2) is 60.4 Å². The Hall–Kier alpha value is -3.26. The van der Waals surface area contributed by atoms with Crippen molar-refractivity contribution >= 4 is 34.1 Å². The van der Waals surface area contributed by atoms with Gasteiger partial charge in [0.1, 0.15) is 12.1 Å². The standard InChI is InChI=1S/C20H20N6OS/c27-18(11-15-5-2-1-3-6-15)21-8-9-26-20-17(13-25-26)19(23-14-24-20)22-12-16-7-4-10-28-16/h1-7,10,13-14H,8-9,11-12H2,(H,21,27)(H,22,23,24). The monoisotopic (exact) mass is 392 g/mol. The van der Waals surface area contributed by atoms with Gasteiger partial charge in [-0.2, -0.15) is 5.10 Å². The molecular weight excluding hydrogens is 372 g/mol. The minimum atomic E-state index is -0.00408. The fourth-order valence-corrected chi connectivity index (χ4v) is 3.57. The molecule has 0 saturated carbocycles. The topological polar surface area (TPSA) is 84.7 Å².